The summed E-state index contributed by atoms with van der Waals surface area (Å²) >= 11 is 0. The summed E-state index contributed by atoms with van der Waals surface area (Å²) in [5, 5.41) is 3.36. The molecule has 9 rings (SSSR count). The molecule has 8 aromatic rings. The van der Waals surface area contributed by atoms with Gasteiger partial charge in [-0.25, -0.2) is 4.98 Å². The van der Waals surface area contributed by atoms with Gasteiger partial charge in [0.25, 0.3) is 0 Å². The Labute approximate surface area is 267 Å². The van der Waals surface area contributed by atoms with E-state index in [1.54, 1.807) is 0 Å². The Balaban J connectivity index is 1.21. The van der Waals surface area contributed by atoms with Crippen molar-refractivity contribution >= 4 is 44.4 Å². The van der Waals surface area contributed by atoms with Crippen molar-refractivity contribution in [2.24, 2.45) is 0 Å². The van der Waals surface area contributed by atoms with E-state index >= 15 is 0 Å². The van der Waals surface area contributed by atoms with Crippen LogP contribution in [0.2, 0.25) is 0 Å². The second-order valence-electron chi connectivity index (χ2n) is 11.8. The Morgan fingerprint density at radius 2 is 1.26 bits per heavy atom. The van der Waals surface area contributed by atoms with Crippen molar-refractivity contribution in [3.63, 3.8) is 0 Å². The summed E-state index contributed by atoms with van der Waals surface area (Å²) in [6.45, 7) is 0.789. The largest absolute Gasteiger partial charge is 0.457 e. The van der Waals surface area contributed by atoms with Crippen molar-refractivity contribution in [3.8, 4) is 34.0 Å². The summed E-state index contributed by atoms with van der Waals surface area (Å²) < 4.78 is 8.91. The van der Waals surface area contributed by atoms with Crippen molar-refractivity contribution in [2.75, 3.05) is 23.5 Å². The monoisotopic (exact) mass is 594 g/mol. The molecular formula is C41H30N4O. The second kappa shape index (κ2) is 10.5. The molecule has 3 heterocycles. The number of fused-ring (bicyclic) bond motifs is 7. The van der Waals surface area contributed by atoms with E-state index in [4.69, 9.17) is 9.72 Å². The fourth-order valence-corrected chi connectivity index (χ4v) is 6.85. The van der Waals surface area contributed by atoms with Crippen LogP contribution in [0.3, 0.4) is 0 Å². The summed E-state index contributed by atoms with van der Waals surface area (Å²) in [5.74, 6) is 1.56. The number of aromatic nitrogens is 2. The van der Waals surface area contributed by atoms with E-state index in [0.717, 1.165) is 68.3 Å². The summed E-state index contributed by atoms with van der Waals surface area (Å²) in [6, 6.07) is 52.8. The smallest absolute Gasteiger partial charge is 0.146 e. The minimum absolute atomic E-state index is 0.770. The van der Waals surface area contributed by atoms with Gasteiger partial charge < -0.3 is 14.5 Å². The quantitative estimate of drug-likeness (QED) is 0.186. The van der Waals surface area contributed by atoms with Crippen LogP contribution in [0.1, 0.15) is 0 Å². The lowest BCUT2D eigenvalue weighted by molar-refractivity contribution is 0.483. The first kappa shape index (κ1) is 26.3. The zero-order chi connectivity index (χ0) is 30.6. The molecule has 220 valence electrons. The molecule has 0 fully saturated rings. The van der Waals surface area contributed by atoms with Gasteiger partial charge in [-0.3, -0.25) is 4.40 Å². The van der Waals surface area contributed by atoms with Crippen molar-refractivity contribution < 1.29 is 4.74 Å². The first-order chi connectivity index (χ1) is 22.7. The molecule has 0 aliphatic carbocycles. The van der Waals surface area contributed by atoms with Gasteiger partial charge in [-0.1, -0.05) is 97.1 Å². The normalized spacial score (nSPS) is 12.7. The van der Waals surface area contributed by atoms with E-state index in [2.05, 4.69) is 161 Å². The van der Waals surface area contributed by atoms with Gasteiger partial charge in [-0.05, 0) is 53.9 Å². The summed E-state index contributed by atoms with van der Waals surface area (Å²) in [7, 11) is 2.13. The highest BCUT2D eigenvalue weighted by molar-refractivity contribution is 6.13. The molecule has 0 unspecified atom stereocenters. The predicted octanol–water partition coefficient (Wildman–Crippen LogP) is 10.3. The van der Waals surface area contributed by atoms with Crippen LogP contribution < -0.4 is 14.5 Å². The summed E-state index contributed by atoms with van der Waals surface area (Å²) in [6.07, 6.45) is 0. The molecule has 0 saturated carbocycles. The molecular weight excluding hydrogens is 564 g/mol. The molecule has 6 aromatic carbocycles. The highest BCUT2D eigenvalue weighted by Gasteiger charge is 2.24. The molecule has 2 aromatic heterocycles. The number of para-hydroxylation sites is 3. The van der Waals surface area contributed by atoms with E-state index in [1.165, 1.54) is 16.8 Å². The minimum atomic E-state index is 0.770. The number of nitrogens with zero attached hydrogens (tertiary/aromatic N) is 4. The van der Waals surface area contributed by atoms with Crippen LogP contribution in [0.15, 0.2) is 152 Å². The van der Waals surface area contributed by atoms with Crippen molar-refractivity contribution in [1.82, 2.24) is 9.38 Å². The van der Waals surface area contributed by atoms with Crippen molar-refractivity contribution in [1.29, 1.82) is 0 Å². The number of benzene rings is 6. The summed E-state index contributed by atoms with van der Waals surface area (Å²) in [4.78, 5) is 9.96. The van der Waals surface area contributed by atoms with Gasteiger partial charge in [0.2, 0.25) is 0 Å². The number of hydrogen-bond donors (Lipinski definition) is 0. The van der Waals surface area contributed by atoms with Gasteiger partial charge in [0.05, 0.1) is 34.9 Å². The fraction of sp³-hybridized carbons (Fsp3) is 0.0488. The number of rotatable bonds is 5. The maximum atomic E-state index is 6.59. The molecule has 0 spiro atoms. The number of pyridine rings is 1. The average Bonchev–Trinajstić information content (AvgIpc) is 3.68. The van der Waals surface area contributed by atoms with Crippen LogP contribution in [-0.2, 0) is 0 Å². The molecule has 0 atom stereocenters. The maximum Gasteiger partial charge on any atom is 0.146 e. The van der Waals surface area contributed by atoms with Gasteiger partial charge in [-0.15, -0.1) is 0 Å². The van der Waals surface area contributed by atoms with Gasteiger partial charge in [-0.2, -0.15) is 0 Å². The molecule has 1 aliphatic rings. The van der Waals surface area contributed by atoms with Crippen molar-refractivity contribution in [2.45, 2.75) is 0 Å². The predicted molar refractivity (Wildman–Crippen MR) is 189 cm³/mol. The highest BCUT2D eigenvalue weighted by atomic mass is 16.5. The minimum Gasteiger partial charge on any atom is -0.457 e. The third-order valence-corrected chi connectivity index (χ3v) is 8.94. The molecule has 5 nitrogen and oxygen atoms in total. The van der Waals surface area contributed by atoms with Crippen LogP contribution in [0.4, 0.5) is 17.1 Å². The molecule has 0 bridgehead atoms. The maximum absolute atomic E-state index is 6.59. The van der Waals surface area contributed by atoms with Crippen LogP contribution in [0.5, 0.6) is 11.5 Å². The van der Waals surface area contributed by atoms with Crippen LogP contribution in [0, 0.1) is 0 Å². The Morgan fingerprint density at radius 3 is 2.09 bits per heavy atom. The van der Waals surface area contributed by atoms with Gasteiger partial charge in [0.15, 0.2) is 0 Å². The Hall–Kier alpha value is -6.07. The highest BCUT2D eigenvalue weighted by Crippen LogP contribution is 2.42. The third kappa shape index (κ3) is 4.20. The number of hydrogen-bond acceptors (Lipinski definition) is 4. The van der Waals surface area contributed by atoms with E-state index in [1.807, 2.05) is 12.1 Å². The lowest BCUT2D eigenvalue weighted by Gasteiger charge is -2.20. The molecule has 0 radical (unpaired) electrons. The lowest BCUT2D eigenvalue weighted by atomic mass is 10.0. The van der Waals surface area contributed by atoms with Crippen LogP contribution in [0.25, 0.3) is 49.8 Å². The Bertz CT molecular complexity index is 2400. The SMILES string of the molecule is CN1CN(c2cccc(Oc3ccc4c5ccccc5n5c(-c6ccccc6)c(-c6ccccc6)nc5c4c3)c2)c2ccccc21. The van der Waals surface area contributed by atoms with E-state index in [9.17, 15) is 0 Å². The topological polar surface area (TPSA) is 33.0 Å². The van der Waals surface area contributed by atoms with Gasteiger partial charge >= 0.3 is 0 Å². The Morgan fingerprint density at radius 1 is 0.565 bits per heavy atom. The zero-order valence-corrected chi connectivity index (χ0v) is 25.3. The van der Waals surface area contributed by atoms with Crippen molar-refractivity contribution in [3.05, 3.63) is 152 Å². The number of anilines is 3. The first-order valence-corrected chi connectivity index (χ1v) is 15.6. The number of imidazole rings is 1. The summed E-state index contributed by atoms with van der Waals surface area (Å²) in [5.41, 5.74) is 9.79. The molecule has 0 amide bonds. The Kier molecular flexibility index (Phi) is 6.03. The van der Waals surface area contributed by atoms with E-state index in [-0.39, 0.29) is 0 Å². The average molecular weight is 595 g/mol. The molecule has 0 N–H and O–H groups in total. The van der Waals surface area contributed by atoms with Gasteiger partial charge in [0, 0.05) is 40.7 Å². The third-order valence-electron chi connectivity index (χ3n) is 8.94. The standard InChI is InChI=1S/C41H30N4O/c1-43-27-44(38-22-11-10-21-37(38)43)30-17-12-18-31(25-30)46-32-23-24-33-34-19-8-9-20-36(34)45-40(29-15-6-3-7-16-29)39(28-13-4-2-5-14-28)42-41(45)35(33)26-32/h2-26H,27H2,1H3. The van der Waals surface area contributed by atoms with E-state index in [0.29, 0.717) is 0 Å². The zero-order valence-electron chi connectivity index (χ0n) is 25.3. The number of ether oxygens (including phenoxy) is 1. The van der Waals surface area contributed by atoms with Gasteiger partial charge in [0.1, 0.15) is 17.1 Å². The molecule has 46 heavy (non-hydrogen) atoms. The van der Waals surface area contributed by atoms with Crippen LogP contribution in [-0.4, -0.2) is 23.1 Å². The molecule has 5 heteroatoms. The fourth-order valence-electron chi connectivity index (χ4n) is 6.85. The van der Waals surface area contributed by atoms with Crippen LogP contribution >= 0.6 is 0 Å². The lowest BCUT2D eigenvalue weighted by Crippen LogP contribution is -2.23. The van der Waals surface area contributed by atoms with E-state index < -0.39 is 0 Å². The molecule has 0 saturated heterocycles. The first-order valence-electron chi connectivity index (χ1n) is 15.6. The molecule has 1 aliphatic heterocycles. The second-order valence-corrected chi connectivity index (χ2v) is 11.8.